The first-order valence-electron chi connectivity index (χ1n) is 5.60. The maximum absolute atomic E-state index is 12.6. The fourth-order valence-electron chi connectivity index (χ4n) is 1.57. The fraction of sp³-hybridized carbons (Fsp3) is 0.600. The molecule has 0 radical (unpaired) electrons. The second kappa shape index (κ2) is 6.08. The molecule has 9 heteroatoms. The van der Waals surface area contributed by atoms with Crippen LogP contribution in [0.4, 0.5) is 24.9 Å². The fourth-order valence-corrected chi connectivity index (χ4v) is 4.19. The highest BCUT2D eigenvalue weighted by Crippen LogP contribution is 2.29. The standard InChI is InChI=1S/C10H13F3N4S2/c11-10(12,13)7-3-8(17-9(14)16-7)15-4-6-5-18-1-2-19-6/h3,6H,1-2,4-5H2,(H3,14,15,16,17). The number of hydrogen-bond acceptors (Lipinski definition) is 6. The molecule has 1 saturated heterocycles. The Kier molecular flexibility index (Phi) is 4.67. The molecule has 0 saturated carbocycles. The highest BCUT2D eigenvalue weighted by Gasteiger charge is 2.33. The number of hydrogen-bond donors (Lipinski definition) is 2. The van der Waals surface area contributed by atoms with Crippen LogP contribution in [-0.2, 0) is 6.18 Å². The van der Waals surface area contributed by atoms with Gasteiger partial charge in [-0.05, 0) is 0 Å². The third kappa shape index (κ3) is 4.34. The number of anilines is 2. The van der Waals surface area contributed by atoms with Gasteiger partial charge >= 0.3 is 6.18 Å². The van der Waals surface area contributed by atoms with Crippen LogP contribution in [0.2, 0.25) is 0 Å². The lowest BCUT2D eigenvalue weighted by atomic mass is 10.3. The molecule has 0 bridgehead atoms. The summed E-state index contributed by atoms with van der Waals surface area (Å²) in [5.74, 6) is 2.93. The molecule has 4 nitrogen and oxygen atoms in total. The molecule has 0 amide bonds. The Labute approximate surface area is 117 Å². The van der Waals surface area contributed by atoms with E-state index in [1.54, 1.807) is 0 Å². The number of halogens is 3. The average Bonchev–Trinajstić information content (AvgIpc) is 2.36. The minimum absolute atomic E-state index is 0.121. The molecular weight excluding hydrogens is 297 g/mol. The van der Waals surface area contributed by atoms with E-state index in [0.717, 1.165) is 23.3 Å². The minimum Gasteiger partial charge on any atom is -0.369 e. The summed E-state index contributed by atoms with van der Waals surface area (Å²) in [4.78, 5) is 6.96. The first-order valence-corrected chi connectivity index (χ1v) is 7.80. The second-order valence-corrected chi connectivity index (χ2v) is 6.50. The summed E-state index contributed by atoms with van der Waals surface area (Å²) in [6.07, 6.45) is -4.51. The molecule has 3 N–H and O–H groups in total. The van der Waals surface area contributed by atoms with Gasteiger partial charge in [0.25, 0.3) is 0 Å². The molecule has 0 spiro atoms. The van der Waals surface area contributed by atoms with Crippen molar-refractivity contribution in [2.45, 2.75) is 11.4 Å². The van der Waals surface area contributed by atoms with E-state index < -0.39 is 11.9 Å². The van der Waals surface area contributed by atoms with Crippen LogP contribution in [0.1, 0.15) is 5.69 Å². The third-order valence-corrected chi connectivity index (χ3v) is 5.27. The SMILES string of the molecule is Nc1nc(NCC2CSCCS2)cc(C(F)(F)F)n1. The quantitative estimate of drug-likeness (QED) is 0.893. The zero-order chi connectivity index (χ0) is 13.9. The molecule has 19 heavy (non-hydrogen) atoms. The molecule has 2 rings (SSSR count). The van der Waals surface area contributed by atoms with Gasteiger partial charge in [-0.15, -0.1) is 0 Å². The van der Waals surface area contributed by atoms with E-state index in [9.17, 15) is 13.2 Å². The molecule has 106 valence electrons. The van der Waals surface area contributed by atoms with Crippen LogP contribution in [0.15, 0.2) is 6.07 Å². The molecule has 1 unspecified atom stereocenters. The molecule has 1 aromatic heterocycles. The molecule has 2 heterocycles. The summed E-state index contributed by atoms with van der Waals surface area (Å²) < 4.78 is 37.7. The highest BCUT2D eigenvalue weighted by atomic mass is 32.2. The molecule has 0 aromatic carbocycles. The van der Waals surface area contributed by atoms with E-state index >= 15 is 0 Å². The van der Waals surface area contributed by atoms with Gasteiger partial charge in [0.05, 0.1) is 0 Å². The number of alkyl halides is 3. The number of thioether (sulfide) groups is 2. The van der Waals surface area contributed by atoms with Crippen LogP contribution >= 0.6 is 23.5 Å². The van der Waals surface area contributed by atoms with E-state index in [1.165, 1.54) is 0 Å². The summed E-state index contributed by atoms with van der Waals surface area (Å²) in [6.45, 7) is 0.575. The van der Waals surface area contributed by atoms with Crippen LogP contribution in [-0.4, -0.2) is 39.0 Å². The van der Waals surface area contributed by atoms with Crippen LogP contribution in [0.25, 0.3) is 0 Å². The number of nitrogen functional groups attached to an aromatic ring is 1. The smallest absolute Gasteiger partial charge is 0.369 e. The highest BCUT2D eigenvalue weighted by molar-refractivity contribution is 8.06. The van der Waals surface area contributed by atoms with Gasteiger partial charge in [0.1, 0.15) is 5.82 Å². The Bertz CT molecular complexity index is 435. The van der Waals surface area contributed by atoms with Crippen molar-refractivity contribution >= 4 is 35.3 Å². The van der Waals surface area contributed by atoms with Crippen molar-refractivity contribution in [2.24, 2.45) is 0 Å². The Hall–Kier alpha value is -0.830. The second-order valence-electron chi connectivity index (χ2n) is 3.94. The Morgan fingerprint density at radius 1 is 1.37 bits per heavy atom. The molecule has 1 aliphatic rings. The summed E-state index contributed by atoms with van der Waals surface area (Å²) >= 11 is 3.67. The number of aromatic nitrogens is 2. The van der Waals surface area contributed by atoms with Gasteiger partial charge < -0.3 is 11.1 Å². The van der Waals surface area contributed by atoms with Crippen molar-refractivity contribution in [1.82, 2.24) is 9.97 Å². The average molecular weight is 310 g/mol. The maximum atomic E-state index is 12.6. The Balaban J connectivity index is 2.01. The van der Waals surface area contributed by atoms with Crippen molar-refractivity contribution in [2.75, 3.05) is 34.9 Å². The largest absolute Gasteiger partial charge is 0.433 e. The monoisotopic (exact) mass is 310 g/mol. The third-order valence-electron chi connectivity index (χ3n) is 2.43. The van der Waals surface area contributed by atoms with Crippen molar-refractivity contribution < 1.29 is 13.2 Å². The lowest BCUT2D eigenvalue weighted by Gasteiger charge is -2.21. The summed E-state index contributed by atoms with van der Waals surface area (Å²) in [7, 11) is 0. The van der Waals surface area contributed by atoms with Gasteiger partial charge in [0.15, 0.2) is 5.69 Å². The van der Waals surface area contributed by atoms with Crippen molar-refractivity contribution in [1.29, 1.82) is 0 Å². The molecule has 1 fully saturated rings. The van der Waals surface area contributed by atoms with E-state index in [-0.39, 0.29) is 11.8 Å². The Morgan fingerprint density at radius 3 is 2.79 bits per heavy atom. The number of nitrogens with zero attached hydrogens (tertiary/aromatic N) is 2. The zero-order valence-electron chi connectivity index (χ0n) is 9.91. The topological polar surface area (TPSA) is 63.8 Å². The number of nitrogens with two attached hydrogens (primary N) is 1. The lowest BCUT2D eigenvalue weighted by molar-refractivity contribution is -0.141. The lowest BCUT2D eigenvalue weighted by Crippen LogP contribution is -2.24. The summed E-state index contributed by atoms with van der Waals surface area (Å²) in [6, 6.07) is 0.886. The molecule has 1 aromatic rings. The van der Waals surface area contributed by atoms with Crippen LogP contribution in [0.3, 0.4) is 0 Å². The summed E-state index contributed by atoms with van der Waals surface area (Å²) in [5.41, 5.74) is 4.27. The van der Waals surface area contributed by atoms with Gasteiger partial charge in [0, 0.05) is 35.1 Å². The first-order chi connectivity index (χ1) is 8.95. The van der Waals surface area contributed by atoms with Gasteiger partial charge in [0.2, 0.25) is 5.95 Å². The maximum Gasteiger partial charge on any atom is 0.433 e. The number of rotatable bonds is 3. The normalized spacial score (nSPS) is 20.3. The van der Waals surface area contributed by atoms with Gasteiger partial charge in [-0.2, -0.15) is 41.7 Å². The molecule has 1 atom stereocenters. The number of nitrogens with one attached hydrogen (secondary N) is 1. The summed E-state index contributed by atoms with van der Waals surface area (Å²) in [5, 5.41) is 3.28. The molecule has 0 aliphatic carbocycles. The molecular formula is C10H13F3N4S2. The van der Waals surface area contributed by atoms with E-state index in [1.807, 2.05) is 23.5 Å². The van der Waals surface area contributed by atoms with Gasteiger partial charge in [-0.3, -0.25) is 0 Å². The predicted octanol–water partition coefficient (Wildman–Crippen LogP) is 2.34. The van der Waals surface area contributed by atoms with Crippen LogP contribution in [0, 0.1) is 0 Å². The predicted molar refractivity (Wildman–Crippen MR) is 73.5 cm³/mol. The van der Waals surface area contributed by atoms with Crippen molar-refractivity contribution in [3.8, 4) is 0 Å². The van der Waals surface area contributed by atoms with E-state index in [4.69, 9.17) is 5.73 Å². The van der Waals surface area contributed by atoms with Crippen molar-refractivity contribution in [3.63, 3.8) is 0 Å². The van der Waals surface area contributed by atoms with E-state index in [0.29, 0.717) is 11.8 Å². The van der Waals surface area contributed by atoms with Crippen molar-refractivity contribution in [3.05, 3.63) is 11.8 Å². The van der Waals surface area contributed by atoms with E-state index in [2.05, 4.69) is 15.3 Å². The van der Waals surface area contributed by atoms with Gasteiger partial charge in [-0.25, -0.2) is 4.98 Å². The molecule has 1 aliphatic heterocycles. The van der Waals surface area contributed by atoms with Crippen LogP contribution < -0.4 is 11.1 Å². The van der Waals surface area contributed by atoms with Gasteiger partial charge in [-0.1, -0.05) is 0 Å². The van der Waals surface area contributed by atoms with Crippen LogP contribution in [0.5, 0.6) is 0 Å². The Morgan fingerprint density at radius 2 is 2.16 bits per heavy atom. The first kappa shape index (κ1) is 14.6. The minimum atomic E-state index is -4.51. The zero-order valence-corrected chi connectivity index (χ0v) is 11.5.